The number of morpholine rings is 1. The first kappa shape index (κ1) is 23.0. The molecular weight excluding hydrogens is 446 g/mol. The fourth-order valence-corrected chi connectivity index (χ4v) is 4.03. The number of ether oxygens (including phenoxy) is 3. The van der Waals surface area contributed by atoms with Crippen LogP contribution < -0.4 is 9.64 Å². The molecule has 3 aromatic heterocycles. The Hall–Kier alpha value is -3.76. The van der Waals surface area contributed by atoms with Crippen molar-refractivity contribution in [3.8, 4) is 23.1 Å². The van der Waals surface area contributed by atoms with E-state index >= 15 is 0 Å². The first-order valence-corrected chi connectivity index (χ1v) is 11.7. The number of anilines is 1. The standard InChI is InChI=1S/C25H29N7O3/c1-30-17-19(16-26-30)8-11-35-25-27-23(31-9-12-34-13-10-31)15-24(28-25)32-22(14-21(29-32)18-33-2)20-6-4-3-5-7-20/h3-7,14-17H,8-13,18H2,1-2H3. The number of nitrogens with zero attached hydrogens (tertiary/aromatic N) is 7. The smallest absolute Gasteiger partial charge is 0.320 e. The number of benzene rings is 1. The van der Waals surface area contributed by atoms with Gasteiger partial charge in [-0.1, -0.05) is 30.3 Å². The molecule has 10 heteroatoms. The maximum Gasteiger partial charge on any atom is 0.320 e. The van der Waals surface area contributed by atoms with Gasteiger partial charge in [-0.25, -0.2) is 4.68 Å². The third-order valence-corrected chi connectivity index (χ3v) is 5.73. The molecule has 0 unspecified atom stereocenters. The van der Waals surface area contributed by atoms with Crippen LogP contribution in [0.2, 0.25) is 0 Å². The van der Waals surface area contributed by atoms with E-state index in [4.69, 9.17) is 29.3 Å². The lowest BCUT2D eigenvalue weighted by Gasteiger charge is -2.28. The van der Waals surface area contributed by atoms with Crippen LogP contribution in [-0.2, 0) is 29.5 Å². The minimum atomic E-state index is 0.315. The van der Waals surface area contributed by atoms with Crippen LogP contribution in [0.1, 0.15) is 11.3 Å². The van der Waals surface area contributed by atoms with Crippen LogP contribution >= 0.6 is 0 Å². The van der Waals surface area contributed by atoms with E-state index in [1.54, 1.807) is 11.8 Å². The van der Waals surface area contributed by atoms with Gasteiger partial charge in [0.2, 0.25) is 0 Å². The van der Waals surface area contributed by atoms with E-state index in [0.717, 1.165) is 41.4 Å². The molecule has 0 N–H and O–H groups in total. The van der Waals surface area contributed by atoms with Crippen molar-refractivity contribution in [1.29, 1.82) is 0 Å². The molecule has 35 heavy (non-hydrogen) atoms. The molecule has 4 heterocycles. The molecule has 1 saturated heterocycles. The van der Waals surface area contributed by atoms with E-state index in [1.807, 2.05) is 54.5 Å². The van der Waals surface area contributed by atoms with Crippen molar-refractivity contribution in [2.24, 2.45) is 7.05 Å². The molecule has 0 bridgehead atoms. The fraction of sp³-hybridized carbons (Fsp3) is 0.360. The highest BCUT2D eigenvalue weighted by Crippen LogP contribution is 2.27. The van der Waals surface area contributed by atoms with Gasteiger partial charge in [-0.15, -0.1) is 0 Å². The summed E-state index contributed by atoms with van der Waals surface area (Å²) in [4.78, 5) is 11.6. The number of hydrogen-bond acceptors (Lipinski definition) is 8. The first-order chi connectivity index (χ1) is 17.2. The molecule has 0 atom stereocenters. The van der Waals surface area contributed by atoms with Gasteiger partial charge in [-0.05, 0) is 11.6 Å². The van der Waals surface area contributed by atoms with Crippen LogP contribution in [0, 0.1) is 0 Å². The maximum absolute atomic E-state index is 6.03. The zero-order chi connectivity index (χ0) is 24.0. The van der Waals surface area contributed by atoms with Gasteiger partial charge >= 0.3 is 6.01 Å². The summed E-state index contributed by atoms with van der Waals surface area (Å²) >= 11 is 0. The van der Waals surface area contributed by atoms with Gasteiger partial charge < -0.3 is 19.1 Å². The summed E-state index contributed by atoms with van der Waals surface area (Å²) < 4.78 is 20.5. The van der Waals surface area contributed by atoms with Crippen LogP contribution in [0.4, 0.5) is 5.82 Å². The minimum Gasteiger partial charge on any atom is -0.463 e. The molecule has 0 aliphatic carbocycles. The van der Waals surface area contributed by atoms with Crippen molar-refractivity contribution in [2.75, 3.05) is 44.9 Å². The van der Waals surface area contributed by atoms with E-state index in [2.05, 4.69) is 22.1 Å². The highest BCUT2D eigenvalue weighted by atomic mass is 16.5. The fourth-order valence-electron chi connectivity index (χ4n) is 4.03. The molecule has 0 radical (unpaired) electrons. The second-order valence-corrected chi connectivity index (χ2v) is 8.32. The van der Waals surface area contributed by atoms with E-state index in [-0.39, 0.29) is 0 Å². The third-order valence-electron chi connectivity index (χ3n) is 5.73. The number of aryl methyl sites for hydroxylation is 1. The van der Waals surface area contributed by atoms with Gasteiger partial charge in [0.1, 0.15) is 5.82 Å². The molecule has 0 amide bonds. The van der Waals surface area contributed by atoms with Gasteiger partial charge in [0.15, 0.2) is 5.82 Å². The molecule has 5 rings (SSSR count). The van der Waals surface area contributed by atoms with Gasteiger partial charge in [0.25, 0.3) is 0 Å². The zero-order valence-electron chi connectivity index (χ0n) is 20.0. The Morgan fingerprint density at radius 2 is 1.83 bits per heavy atom. The van der Waals surface area contributed by atoms with Crippen LogP contribution in [0.25, 0.3) is 17.1 Å². The highest BCUT2D eigenvalue weighted by Gasteiger charge is 2.19. The summed E-state index contributed by atoms with van der Waals surface area (Å²) in [6, 6.07) is 14.4. The summed E-state index contributed by atoms with van der Waals surface area (Å²) in [6.07, 6.45) is 4.53. The summed E-state index contributed by atoms with van der Waals surface area (Å²) in [5, 5.41) is 9.01. The normalized spacial score (nSPS) is 13.8. The van der Waals surface area contributed by atoms with Crippen molar-refractivity contribution < 1.29 is 14.2 Å². The van der Waals surface area contributed by atoms with E-state index in [0.29, 0.717) is 44.7 Å². The molecule has 0 saturated carbocycles. The lowest BCUT2D eigenvalue weighted by atomic mass is 10.1. The average Bonchev–Trinajstić information content (AvgIpc) is 3.51. The van der Waals surface area contributed by atoms with Crippen LogP contribution in [0.5, 0.6) is 6.01 Å². The lowest BCUT2D eigenvalue weighted by Crippen LogP contribution is -2.37. The minimum absolute atomic E-state index is 0.315. The molecule has 1 aliphatic rings. The Balaban J connectivity index is 1.50. The molecular formula is C25H29N7O3. The van der Waals surface area contributed by atoms with Crippen molar-refractivity contribution in [3.05, 3.63) is 66.1 Å². The van der Waals surface area contributed by atoms with Crippen LogP contribution in [0.3, 0.4) is 0 Å². The zero-order valence-corrected chi connectivity index (χ0v) is 20.0. The Morgan fingerprint density at radius 1 is 1.03 bits per heavy atom. The molecule has 1 aliphatic heterocycles. The Labute approximate surface area is 204 Å². The molecule has 0 spiro atoms. The molecule has 1 fully saturated rings. The van der Waals surface area contributed by atoms with E-state index in [9.17, 15) is 0 Å². The van der Waals surface area contributed by atoms with Gasteiger partial charge in [-0.2, -0.15) is 20.2 Å². The van der Waals surface area contributed by atoms with Crippen LogP contribution in [0.15, 0.2) is 54.9 Å². The number of methoxy groups -OCH3 is 1. The first-order valence-electron chi connectivity index (χ1n) is 11.7. The Morgan fingerprint density at radius 3 is 2.57 bits per heavy atom. The highest BCUT2D eigenvalue weighted by molar-refractivity contribution is 5.62. The number of rotatable bonds is 9. The van der Waals surface area contributed by atoms with Crippen molar-refractivity contribution >= 4 is 5.82 Å². The van der Waals surface area contributed by atoms with Gasteiger partial charge in [0.05, 0.1) is 44.0 Å². The SMILES string of the molecule is COCc1cc(-c2ccccc2)n(-c2cc(N3CCOCC3)nc(OCCc3cnn(C)c3)n2)n1. The lowest BCUT2D eigenvalue weighted by molar-refractivity contribution is 0.122. The topological polar surface area (TPSA) is 92.3 Å². The van der Waals surface area contributed by atoms with E-state index < -0.39 is 0 Å². The second-order valence-electron chi connectivity index (χ2n) is 8.32. The molecule has 4 aromatic rings. The quantitative estimate of drug-likeness (QED) is 0.365. The van der Waals surface area contributed by atoms with Crippen molar-refractivity contribution in [2.45, 2.75) is 13.0 Å². The average molecular weight is 476 g/mol. The predicted molar refractivity (Wildman–Crippen MR) is 131 cm³/mol. The maximum atomic E-state index is 6.03. The Bertz CT molecular complexity index is 1250. The van der Waals surface area contributed by atoms with E-state index in [1.165, 1.54) is 0 Å². The largest absolute Gasteiger partial charge is 0.463 e. The summed E-state index contributed by atoms with van der Waals surface area (Å²) in [7, 11) is 3.56. The Kier molecular flexibility index (Phi) is 7.01. The molecule has 1 aromatic carbocycles. The van der Waals surface area contributed by atoms with Crippen LogP contribution in [-0.4, -0.2) is 69.5 Å². The third kappa shape index (κ3) is 5.50. The van der Waals surface area contributed by atoms with Crippen molar-refractivity contribution in [1.82, 2.24) is 29.5 Å². The van der Waals surface area contributed by atoms with Crippen molar-refractivity contribution in [3.63, 3.8) is 0 Å². The summed E-state index contributed by atoms with van der Waals surface area (Å²) in [6.45, 7) is 3.67. The number of hydrogen-bond donors (Lipinski definition) is 0. The second kappa shape index (κ2) is 10.7. The molecule has 10 nitrogen and oxygen atoms in total. The van der Waals surface area contributed by atoms with Gasteiger partial charge in [0, 0.05) is 51.5 Å². The summed E-state index contributed by atoms with van der Waals surface area (Å²) in [5.74, 6) is 1.43. The predicted octanol–water partition coefficient (Wildman–Crippen LogP) is 2.67. The molecule has 182 valence electrons. The summed E-state index contributed by atoms with van der Waals surface area (Å²) in [5.41, 5.74) is 3.87. The number of aromatic nitrogens is 6. The monoisotopic (exact) mass is 475 g/mol. The van der Waals surface area contributed by atoms with Gasteiger partial charge in [-0.3, -0.25) is 4.68 Å².